The fraction of sp³-hybridized carbons (Fsp3) is 0.130. The first-order valence-corrected chi connectivity index (χ1v) is 8.96. The Morgan fingerprint density at radius 2 is 1.15 bits per heavy atom. The van der Waals surface area contributed by atoms with Crippen molar-refractivity contribution < 1.29 is 9.59 Å². The van der Waals surface area contributed by atoms with Crippen LogP contribution >= 0.6 is 0 Å². The van der Waals surface area contributed by atoms with E-state index in [1.54, 1.807) is 0 Å². The zero-order chi connectivity index (χ0) is 18.9. The van der Waals surface area contributed by atoms with Gasteiger partial charge in [0.05, 0.1) is 5.92 Å². The average molecular weight is 358 g/mol. The molecule has 27 heavy (non-hydrogen) atoms. The van der Waals surface area contributed by atoms with Gasteiger partial charge in [-0.25, -0.2) is 0 Å². The molecule has 0 saturated carbocycles. The van der Waals surface area contributed by atoms with Gasteiger partial charge in [-0.1, -0.05) is 91.0 Å². The van der Waals surface area contributed by atoms with Gasteiger partial charge in [0.1, 0.15) is 0 Å². The summed E-state index contributed by atoms with van der Waals surface area (Å²) in [5.41, 5.74) is 7.95. The lowest BCUT2D eigenvalue weighted by Gasteiger charge is -2.18. The second-order valence-electron chi connectivity index (χ2n) is 6.28. The summed E-state index contributed by atoms with van der Waals surface area (Å²) in [7, 11) is 0. The molecule has 3 aromatic rings. The molecule has 0 unspecified atom stereocenters. The second-order valence-corrected chi connectivity index (χ2v) is 6.28. The summed E-state index contributed by atoms with van der Waals surface area (Å²) in [5.74, 6) is -0.964. The Bertz CT molecular complexity index is 825. The van der Waals surface area contributed by atoms with E-state index < -0.39 is 5.92 Å². The minimum Gasteiger partial charge on any atom is -0.273 e. The molecular weight excluding hydrogens is 336 g/mol. The zero-order valence-electron chi connectivity index (χ0n) is 15.0. The first-order valence-electron chi connectivity index (χ1n) is 8.96. The predicted octanol–water partition coefficient (Wildman–Crippen LogP) is 3.60. The molecule has 0 saturated heterocycles. The maximum absolute atomic E-state index is 12.8. The molecule has 0 heterocycles. The number of nitrogens with one attached hydrogen (secondary N) is 2. The van der Waals surface area contributed by atoms with Crippen molar-refractivity contribution in [2.24, 2.45) is 0 Å². The molecule has 0 aliphatic rings. The summed E-state index contributed by atoms with van der Waals surface area (Å²) in [6.45, 7) is 0. The van der Waals surface area contributed by atoms with Gasteiger partial charge in [0.25, 0.3) is 0 Å². The number of hydrazine groups is 1. The van der Waals surface area contributed by atoms with E-state index in [4.69, 9.17) is 0 Å². The van der Waals surface area contributed by atoms with Gasteiger partial charge in [0.15, 0.2) is 0 Å². The molecular formula is C23H22N2O2. The lowest BCUT2D eigenvalue weighted by atomic mass is 9.91. The van der Waals surface area contributed by atoms with Crippen molar-refractivity contribution in [3.05, 3.63) is 108 Å². The van der Waals surface area contributed by atoms with Crippen molar-refractivity contribution in [3.8, 4) is 0 Å². The first-order chi connectivity index (χ1) is 13.2. The first kappa shape index (κ1) is 18.4. The molecule has 0 aromatic heterocycles. The third-order valence-electron chi connectivity index (χ3n) is 4.34. The normalized spacial score (nSPS) is 10.4. The minimum atomic E-state index is -0.484. The quantitative estimate of drug-likeness (QED) is 0.662. The van der Waals surface area contributed by atoms with Gasteiger partial charge in [0, 0.05) is 6.42 Å². The molecule has 2 amide bonds. The molecule has 2 N–H and O–H groups in total. The number of carbonyl (C=O) groups excluding carboxylic acids is 2. The molecule has 0 aliphatic heterocycles. The van der Waals surface area contributed by atoms with Gasteiger partial charge in [-0.3, -0.25) is 20.4 Å². The molecule has 4 heteroatoms. The fourth-order valence-electron chi connectivity index (χ4n) is 2.95. The van der Waals surface area contributed by atoms with Gasteiger partial charge in [-0.2, -0.15) is 0 Å². The van der Waals surface area contributed by atoms with E-state index in [9.17, 15) is 9.59 Å². The summed E-state index contributed by atoms with van der Waals surface area (Å²) in [6.07, 6.45) is 0.939. The number of carbonyl (C=O) groups is 2. The van der Waals surface area contributed by atoms with Gasteiger partial charge < -0.3 is 0 Å². The number of hydrogen-bond acceptors (Lipinski definition) is 2. The molecule has 4 nitrogen and oxygen atoms in total. The van der Waals surface area contributed by atoms with Crippen molar-refractivity contribution in [2.75, 3.05) is 0 Å². The molecule has 0 bridgehead atoms. The van der Waals surface area contributed by atoms with Gasteiger partial charge in [0.2, 0.25) is 11.8 Å². The van der Waals surface area contributed by atoms with Gasteiger partial charge >= 0.3 is 0 Å². The summed E-state index contributed by atoms with van der Waals surface area (Å²) >= 11 is 0. The van der Waals surface area contributed by atoms with Crippen molar-refractivity contribution in [1.29, 1.82) is 0 Å². The number of aryl methyl sites for hydroxylation is 1. The Hall–Kier alpha value is -3.40. The van der Waals surface area contributed by atoms with Crippen LogP contribution < -0.4 is 10.9 Å². The van der Waals surface area contributed by atoms with Crippen LogP contribution in [0.1, 0.15) is 29.0 Å². The zero-order valence-corrected chi connectivity index (χ0v) is 15.0. The third-order valence-corrected chi connectivity index (χ3v) is 4.34. The van der Waals surface area contributed by atoms with Crippen LogP contribution in [-0.4, -0.2) is 11.8 Å². The minimum absolute atomic E-state index is 0.216. The standard InChI is InChI=1S/C23H22N2O2/c26-21(17-16-18-10-4-1-5-11-18)24-25-23(27)22(19-12-6-2-7-13-19)20-14-8-3-9-15-20/h1-15,22H,16-17H2,(H,24,26)(H,25,27). The van der Waals surface area contributed by atoms with E-state index in [1.807, 2.05) is 91.0 Å². The molecule has 0 fully saturated rings. The third kappa shape index (κ3) is 5.28. The number of amides is 2. The Balaban J connectivity index is 1.62. The topological polar surface area (TPSA) is 58.2 Å². The Labute approximate surface area is 159 Å². The van der Waals surface area contributed by atoms with Gasteiger partial charge in [-0.05, 0) is 23.1 Å². The van der Waals surface area contributed by atoms with Crippen LogP contribution in [0.2, 0.25) is 0 Å². The molecule has 3 aromatic carbocycles. The summed E-state index contributed by atoms with van der Waals surface area (Å²) in [5, 5.41) is 0. The lowest BCUT2D eigenvalue weighted by Crippen LogP contribution is -2.44. The SMILES string of the molecule is O=C(CCc1ccccc1)NNC(=O)C(c1ccccc1)c1ccccc1. The molecule has 0 spiro atoms. The van der Waals surface area contributed by atoms with E-state index in [-0.39, 0.29) is 11.8 Å². The van der Waals surface area contributed by atoms with Crippen LogP contribution in [-0.2, 0) is 16.0 Å². The monoisotopic (exact) mass is 358 g/mol. The van der Waals surface area contributed by atoms with Crippen molar-refractivity contribution in [3.63, 3.8) is 0 Å². The maximum Gasteiger partial charge on any atom is 0.250 e. The maximum atomic E-state index is 12.8. The van der Waals surface area contributed by atoms with Crippen LogP contribution in [0.3, 0.4) is 0 Å². The average Bonchev–Trinajstić information content (AvgIpc) is 2.73. The summed E-state index contributed by atoms with van der Waals surface area (Å²) in [4.78, 5) is 24.9. The highest BCUT2D eigenvalue weighted by Crippen LogP contribution is 2.24. The van der Waals surface area contributed by atoms with Crippen LogP contribution in [0.5, 0.6) is 0 Å². The second kappa shape index (κ2) is 9.34. The lowest BCUT2D eigenvalue weighted by molar-refractivity contribution is -0.129. The Morgan fingerprint density at radius 1 is 0.667 bits per heavy atom. The number of benzene rings is 3. The number of hydrogen-bond donors (Lipinski definition) is 2. The fourth-order valence-corrected chi connectivity index (χ4v) is 2.95. The molecule has 0 atom stereocenters. The van der Waals surface area contributed by atoms with E-state index in [0.717, 1.165) is 16.7 Å². The van der Waals surface area contributed by atoms with Gasteiger partial charge in [-0.15, -0.1) is 0 Å². The molecule has 0 aliphatic carbocycles. The van der Waals surface area contributed by atoms with Crippen LogP contribution in [0, 0.1) is 0 Å². The molecule has 0 radical (unpaired) electrons. The summed E-state index contributed by atoms with van der Waals surface area (Å²) < 4.78 is 0. The Kier molecular flexibility index (Phi) is 6.36. The van der Waals surface area contributed by atoms with E-state index in [0.29, 0.717) is 12.8 Å². The summed E-state index contributed by atoms with van der Waals surface area (Å²) in [6, 6.07) is 28.9. The van der Waals surface area contributed by atoms with Crippen molar-refractivity contribution in [2.45, 2.75) is 18.8 Å². The van der Waals surface area contributed by atoms with Crippen molar-refractivity contribution >= 4 is 11.8 Å². The highest BCUT2D eigenvalue weighted by atomic mass is 16.2. The molecule has 136 valence electrons. The van der Waals surface area contributed by atoms with Crippen LogP contribution in [0.25, 0.3) is 0 Å². The molecule has 3 rings (SSSR count). The van der Waals surface area contributed by atoms with E-state index in [2.05, 4.69) is 10.9 Å². The van der Waals surface area contributed by atoms with Crippen molar-refractivity contribution in [1.82, 2.24) is 10.9 Å². The van der Waals surface area contributed by atoms with E-state index in [1.165, 1.54) is 0 Å². The predicted molar refractivity (Wildman–Crippen MR) is 106 cm³/mol. The smallest absolute Gasteiger partial charge is 0.250 e. The number of rotatable bonds is 6. The van der Waals surface area contributed by atoms with Crippen LogP contribution in [0.4, 0.5) is 0 Å². The Morgan fingerprint density at radius 3 is 1.67 bits per heavy atom. The highest BCUT2D eigenvalue weighted by Gasteiger charge is 2.22. The van der Waals surface area contributed by atoms with Crippen LogP contribution in [0.15, 0.2) is 91.0 Å². The van der Waals surface area contributed by atoms with E-state index >= 15 is 0 Å². The largest absolute Gasteiger partial charge is 0.273 e. The highest BCUT2D eigenvalue weighted by molar-refractivity contribution is 5.89.